The van der Waals surface area contributed by atoms with E-state index in [2.05, 4.69) is 45.9 Å². The van der Waals surface area contributed by atoms with Gasteiger partial charge in [0, 0.05) is 0 Å². The molecule has 8 nitrogen and oxygen atoms in total. The molecular weight excluding hydrogens is 440 g/mol. The highest BCUT2D eigenvalue weighted by Crippen LogP contribution is 2.40. The van der Waals surface area contributed by atoms with Gasteiger partial charge in [-0.2, -0.15) is 0 Å². The number of carboxylic acid groups (broad SMARTS) is 1. The molecule has 0 aliphatic heterocycles. The van der Waals surface area contributed by atoms with Gasteiger partial charge in [0.15, 0.2) is 12.4 Å². The molecule has 0 fully saturated rings. The molecule has 0 unspecified atom stereocenters. The normalized spacial score (nSPS) is 20.4. The fraction of sp³-hybridized carbons (Fsp3) is 0.500. The highest BCUT2D eigenvalue weighted by molar-refractivity contribution is 5.73. The van der Waals surface area contributed by atoms with Crippen LogP contribution in [0.1, 0.15) is 53.9 Å². The van der Waals surface area contributed by atoms with Crippen molar-refractivity contribution in [1.29, 1.82) is 0 Å². The van der Waals surface area contributed by atoms with E-state index in [1.54, 1.807) is 6.08 Å². The number of aldehydes is 2. The fourth-order valence-electron chi connectivity index (χ4n) is 3.41. The summed E-state index contributed by atoms with van der Waals surface area (Å²) in [5, 5.41) is 43.2. The van der Waals surface area contributed by atoms with E-state index in [0.29, 0.717) is 0 Å². The minimum absolute atomic E-state index is 0.0809. The molecule has 0 saturated heterocycles. The van der Waals surface area contributed by atoms with E-state index in [-0.39, 0.29) is 11.7 Å². The van der Waals surface area contributed by atoms with E-state index in [9.17, 15) is 14.4 Å². The maximum atomic E-state index is 10.3. The molecule has 8 heteroatoms. The second kappa shape index (κ2) is 15.3. The molecule has 34 heavy (non-hydrogen) atoms. The van der Waals surface area contributed by atoms with E-state index >= 15 is 0 Å². The monoisotopic (exact) mass is 478 g/mol. The van der Waals surface area contributed by atoms with Crippen molar-refractivity contribution in [1.82, 2.24) is 0 Å². The topological polar surface area (TPSA) is 152 Å². The summed E-state index contributed by atoms with van der Waals surface area (Å²) in [7, 11) is 0. The van der Waals surface area contributed by atoms with Crippen molar-refractivity contribution in [3.63, 3.8) is 0 Å². The van der Waals surface area contributed by atoms with Crippen LogP contribution in [0.2, 0.25) is 0 Å². The maximum absolute atomic E-state index is 10.3. The summed E-state index contributed by atoms with van der Waals surface area (Å²) < 4.78 is 0. The zero-order chi connectivity index (χ0) is 26.5. The van der Waals surface area contributed by atoms with Gasteiger partial charge in [0.05, 0.1) is 0 Å². The molecule has 190 valence electrons. The van der Waals surface area contributed by atoms with Crippen LogP contribution in [0.4, 0.5) is 0 Å². The number of hydrogen-bond acceptors (Lipinski definition) is 7. The number of aliphatic carboxylic acids is 1. The van der Waals surface area contributed by atoms with E-state index in [4.69, 9.17) is 25.5 Å². The molecule has 0 aromatic rings. The molecule has 0 spiro atoms. The minimum atomic E-state index is -2.25. The average molecular weight is 479 g/mol. The number of carbonyl (C=O) groups excluding carboxylic acids is 2. The van der Waals surface area contributed by atoms with E-state index < -0.39 is 30.4 Å². The third kappa shape index (κ3) is 11.0. The second-order valence-electron chi connectivity index (χ2n) is 8.97. The first-order valence-electron chi connectivity index (χ1n) is 11.0. The SMILES string of the molecule is CC(C=CC=C(C)C=CC1=C(C)CCCC1(C)C)=CC=O.O=C[C@H](O)[C@@H](O)[C@H](O)[C@H](O)C(=O)O. The van der Waals surface area contributed by atoms with Crippen LogP contribution in [-0.2, 0) is 14.4 Å². The van der Waals surface area contributed by atoms with Crippen molar-refractivity contribution in [2.24, 2.45) is 5.41 Å². The average Bonchev–Trinajstić information content (AvgIpc) is 2.76. The van der Waals surface area contributed by atoms with Crippen LogP contribution in [0.5, 0.6) is 0 Å². The summed E-state index contributed by atoms with van der Waals surface area (Å²) in [6.07, 6.45) is 8.26. The van der Waals surface area contributed by atoms with Crippen LogP contribution in [0, 0.1) is 5.41 Å². The van der Waals surface area contributed by atoms with Gasteiger partial charge >= 0.3 is 5.97 Å². The molecule has 1 aliphatic carbocycles. The van der Waals surface area contributed by atoms with Crippen molar-refractivity contribution >= 4 is 18.5 Å². The van der Waals surface area contributed by atoms with Crippen molar-refractivity contribution in [2.75, 3.05) is 0 Å². The van der Waals surface area contributed by atoms with Crippen LogP contribution in [0.3, 0.4) is 0 Å². The Hall–Kier alpha value is -2.65. The zero-order valence-electron chi connectivity index (χ0n) is 20.5. The Kier molecular flexibility index (Phi) is 14.1. The lowest BCUT2D eigenvalue weighted by Crippen LogP contribution is -2.48. The minimum Gasteiger partial charge on any atom is -0.479 e. The van der Waals surface area contributed by atoms with E-state index in [1.165, 1.54) is 36.0 Å². The first-order chi connectivity index (χ1) is 15.8. The van der Waals surface area contributed by atoms with Gasteiger partial charge in [0.25, 0.3) is 0 Å². The molecule has 1 rings (SSSR count). The highest BCUT2D eigenvalue weighted by Gasteiger charge is 2.34. The van der Waals surface area contributed by atoms with Crippen LogP contribution in [-0.4, -0.2) is 68.5 Å². The Morgan fingerprint density at radius 1 is 0.971 bits per heavy atom. The summed E-state index contributed by atoms with van der Waals surface area (Å²) in [4.78, 5) is 30.3. The van der Waals surface area contributed by atoms with Gasteiger partial charge in [0.2, 0.25) is 0 Å². The maximum Gasteiger partial charge on any atom is 0.335 e. The number of hydrogen-bond donors (Lipinski definition) is 5. The molecule has 0 saturated carbocycles. The van der Waals surface area contributed by atoms with Crippen molar-refractivity contribution < 1.29 is 39.9 Å². The molecular formula is C26H38O8. The van der Waals surface area contributed by atoms with Gasteiger partial charge in [-0.3, -0.25) is 4.79 Å². The predicted octanol–water partition coefficient (Wildman–Crippen LogP) is 2.43. The Balaban J connectivity index is 0.000000722. The molecule has 0 aromatic heterocycles. The van der Waals surface area contributed by atoms with Crippen LogP contribution in [0.15, 0.2) is 58.7 Å². The largest absolute Gasteiger partial charge is 0.479 e. The van der Waals surface area contributed by atoms with Gasteiger partial charge in [0.1, 0.15) is 24.6 Å². The predicted molar refractivity (Wildman–Crippen MR) is 130 cm³/mol. The Morgan fingerprint density at radius 2 is 1.56 bits per heavy atom. The number of aliphatic hydroxyl groups is 4. The standard InChI is InChI=1S/C20H28O.C6H10O7/c1-16(8-6-9-17(2)13-15-21)11-12-19-18(3)10-7-14-20(19,4)5;7-1-2(8)3(9)4(10)5(11)6(12)13/h6,8-9,11-13,15H,7,10,14H2,1-5H3;1-5,8-11H,(H,12,13)/t;2-,3+,4-,5-/m.0/s1. The molecule has 5 N–H and O–H groups in total. The molecule has 0 bridgehead atoms. The van der Waals surface area contributed by atoms with Crippen LogP contribution in [0.25, 0.3) is 0 Å². The fourth-order valence-corrected chi connectivity index (χ4v) is 3.41. The number of rotatable bonds is 10. The first kappa shape index (κ1) is 31.4. The van der Waals surface area contributed by atoms with Crippen LogP contribution >= 0.6 is 0 Å². The third-order valence-corrected chi connectivity index (χ3v) is 5.52. The lowest BCUT2D eigenvalue weighted by Gasteiger charge is -2.32. The smallest absolute Gasteiger partial charge is 0.335 e. The molecule has 4 atom stereocenters. The van der Waals surface area contributed by atoms with Gasteiger partial charge in [-0.05, 0) is 62.7 Å². The van der Waals surface area contributed by atoms with E-state index in [1.807, 2.05) is 19.1 Å². The van der Waals surface area contributed by atoms with Gasteiger partial charge in [-0.1, -0.05) is 55.4 Å². The summed E-state index contributed by atoms with van der Waals surface area (Å²) in [5.74, 6) is -1.76. The van der Waals surface area contributed by atoms with Crippen molar-refractivity contribution in [3.05, 3.63) is 58.7 Å². The summed E-state index contributed by atoms with van der Waals surface area (Å²) >= 11 is 0. The number of aliphatic hydroxyl groups excluding tert-OH is 4. The lowest BCUT2D eigenvalue weighted by atomic mass is 9.72. The molecule has 1 aliphatic rings. The number of carboxylic acids is 1. The Labute approximate surface area is 201 Å². The summed E-state index contributed by atoms with van der Waals surface area (Å²) in [6.45, 7) is 10.9. The summed E-state index contributed by atoms with van der Waals surface area (Å²) in [5.41, 5.74) is 5.48. The van der Waals surface area contributed by atoms with Gasteiger partial charge in [-0.15, -0.1) is 0 Å². The quantitative estimate of drug-likeness (QED) is 0.182. The molecule has 0 radical (unpaired) electrons. The third-order valence-electron chi connectivity index (χ3n) is 5.52. The van der Waals surface area contributed by atoms with Gasteiger partial charge in [-0.25, -0.2) is 4.79 Å². The van der Waals surface area contributed by atoms with Crippen LogP contribution < -0.4 is 0 Å². The Bertz CT molecular complexity index is 845. The zero-order valence-corrected chi connectivity index (χ0v) is 20.5. The van der Waals surface area contributed by atoms with Gasteiger partial charge < -0.3 is 30.3 Å². The van der Waals surface area contributed by atoms with Crippen molar-refractivity contribution in [2.45, 2.75) is 78.3 Å². The molecule has 0 heterocycles. The first-order valence-corrected chi connectivity index (χ1v) is 11.0. The molecule has 0 amide bonds. The van der Waals surface area contributed by atoms with E-state index in [0.717, 1.165) is 11.9 Å². The number of allylic oxidation sites excluding steroid dienone is 10. The van der Waals surface area contributed by atoms with Crippen molar-refractivity contribution in [3.8, 4) is 0 Å². The highest BCUT2D eigenvalue weighted by atomic mass is 16.4. The lowest BCUT2D eigenvalue weighted by molar-refractivity contribution is -0.163. The number of carbonyl (C=O) groups is 3. The molecule has 0 aromatic carbocycles. The second-order valence-corrected chi connectivity index (χ2v) is 8.97. The Morgan fingerprint density at radius 3 is 2.06 bits per heavy atom. The summed E-state index contributed by atoms with van der Waals surface area (Å²) in [6, 6.07) is 0.